The van der Waals surface area contributed by atoms with Crippen LogP contribution in [0.1, 0.15) is 6.42 Å². The summed E-state index contributed by atoms with van der Waals surface area (Å²) in [6.45, 7) is 13.5. The summed E-state index contributed by atoms with van der Waals surface area (Å²) in [4.78, 5) is 0. The molecule has 4 aromatic carbocycles. The largest absolute Gasteiger partial charge is 0.412 e. The smallest absolute Gasteiger partial charge is 0.218 e. The standard InChI is InChI=1S/C32H36OSi2/c1-6-13-32(33-35(4,5)31-16-11-8-12-17-31)34(2,3)30-24-22-29(23-25-30)28-20-18-27(19-21-28)26-14-9-7-10-15-26/h6-12,14-25,32H,1,13H2,2-5H3. The zero-order chi connectivity index (χ0) is 24.9. The van der Waals surface area contributed by atoms with E-state index in [0.717, 1.165) is 6.42 Å². The summed E-state index contributed by atoms with van der Waals surface area (Å²) in [7, 11) is -3.94. The Hall–Kier alpha value is -2.99. The lowest BCUT2D eigenvalue weighted by atomic mass is 10.0. The third-order valence-corrected chi connectivity index (χ3v) is 13.7. The van der Waals surface area contributed by atoms with Crippen LogP contribution in [0.4, 0.5) is 0 Å². The minimum absolute atomic E-state index is 0.192. The maximum absolute atomic E-state index is 6.98. The lowest BCUT2D eigenvalue weighted by molar-refractivity contribution is 0.271. The van der Waals surface area contributed by atoms with Gasteiger partial charge in [-0.25, -0.2) is 0 Å². The average Bonchev–Trinajstić information content (AvgIpc) is 2.89. The number of hydrogen-bond donors (Lipinski definition) is 0. The van der Waals surface area contributed by atoms with E-state index in [1.165, 1.54) is 32.6 Å². The molecule has 0 saturated carbocycles. The van der Waals surface area contributed by atoms with Crippen molar-refractivity contribution in [1.82, 2.24) is 0 Å². The molecule has 0 aromatic heterocycles. The van der Waals surface area contributed by atoms with Crippen molar-refractivity contribution < 1.29 is 4.43 Å². The first-order valence-electron chi connectivity index (χ1n) is 12.4. The molecule has 0 heterocycles. The molecular formula is C32H36OSi2. The first-order chi connectivity index (χ1) is 16.8. The van der Waals surface area contributed by atoms with Gasteiger partial charge >= 0.3 is 0 Å². The van der Waals surface area contributed by atoms with Crippen LogP contribution < -0.4 is 10.4 Å². The number of hydrogen-bond acceptors (Lipinski definition) is 1. The molecule has 1 unspecified atom stereocenters. The highest BCUT2D eigenvalue weighted by atomic mass is 28.4. The van der Waals surface area contributed by atoms with Gasteiger partial charge in [-0.2, -0.15) is 0 Å². The van der Waals surface area contributed by atoms with E-state index in [1.807, 2.05) is 6.08 Å². The van der Waals surface area contributed by atoms with Crippen molar-refractivity contribution in [3.63, 3.8) is 0 Å². The summed E-state index contributed by atoms with van der Waals surface area (Å²) in [6.07, 6.45) is 2.91. The molecule has 0 saturated heterocycles. The van der Waals surface area contributed by atoms with Crippen LogP contribution in [-0.4, -0.2) is 22.1 Å². The summed E-state index contributed by atoms with van der Waals surface area (Å²) >= 11 is 0. The monoisotopic (exact) mass is 492 g/mol. The van der Waals surface area contributed by atoms with Gasteiger partial charge in [0.15, 0.2) is 0 Å². The predicted molar refractivity (Wildman–Crippen MR) is 158 cm³/mol. The molecule has 0 aliphatic heterocycles. The van der Waals surface area contributed by atoms with E-state index in [-0.39, 0.29) is 5.73 Å². The molecule has 1 nitrogen and oxygen atoms in total. The third-order valence-electron chi connectivity index (χ3n) is 7.05. The molecule has 4 rings (SSSR count). The average molecular weight is 493 g/mol. The van der Waals surface area contributed by atoms with Gasteiger partial charge in [0.05, 0.1) is 0 Å². The second-order valence-corrected chi connectivity index (χ2v) is 18.7. The van der Waals surface area contributed by atoms with Crippen molar-refractivity contribution in [3.8, 4) is 22.3 Å². The number of benzene rings is 4. The Balaban J connectivity index is 1.55. The molecule has 0 N–H and O–H groups in total. The maximum atomic E-state index is 6.98. The second kappa shape index (κ2) is 10.7. The van der Waals surface area contributed by atoms with Crippen molar-refractivity contribution in [2.45, 2.75) is 38.3 Å². The van der Waals surface area contributed by atoms with Crippen molar-refractivity contribution in [2.24, 2.45) is 0 Å². The molecule has 0 radical (unpaired) electrons. The van der Waals surface area contributed by atoms with Gasteiger partial charge in [0.2, 0.25) is 8.32 Å². The van der Waals surface area contributed by atoms with Crippen LogP contribution >= 0.6 is 0 Å². The van der Waals surface area contributed by atoms with Crippen LogP contribution in [0.2, 0.25) is 26.2 Å². The van der Waals surface area contributed by atoms with Gasteiger partial charge < -0.3 is 4.43 Å². The van der Waals surface area contributed by atoms with E-state index < -0.39 is 16.4 Å². The van der Waals surface area contributed by atoms with Gasteiger partial charge in [0.1, 0.15) is 8.07 Å². The Bertz CT molecular complexity index is 1230. The normalized spacial score (nSPS) is 12.8. The fourth-order valence-corrected chi connectivity index (χ4v) is 10.8. The van der Waals surface area contributed by atoms with E-state index in [2.05, 4.69) is 142 Å². The van der Waals surface area contributed by atoms with Gasteiger partial charge in [-0.05, 0) is 47.0 Å². The molecule has 0 spiro atoms. The molecule has 4 aromatic rings. The molecule has 0 aliphatic rings. The zero-order valence-corrected chi connectivity index (χ0v) is 23.4. The Morgan fingerprint density at radius 3 is 1.51 bits per heavy atom. The van der Waals surface area contributed by atoms with Gasteiger partial charge in [-0.1, -0.05) is 134 Å². The van der Waals surface area contributed by atoms with E-state index in [0.29, 0.717) is 0 Å². The van der Waals surface area contributed by atoms with E-state index >= 15 is 0 Å². The highest BCUT2D eigenvalue weighted by molar-refractivity contribution is 6.92. The third kappa shape index (κ3) is 5.81. The van der Waals surface area contributed by atoms with Crippen LogP contribution in [-0.2, 0) is 4.43 Å². The van der Waals surface area contributed by atoms with Gasteiger partial charge in [-0.15, -0.1) is 6.58 Å². The Morgan fingerprint density at radius 1 is 0.600 bits per heavy atom. The summed E-state index contributed by atoms with van der Waals surface area (Å²) in [5.74, 6) is 0. The quantitative estimate of drug-likeness (QED) is 0.173. The number of rotatable bonds is 9. The maximum Gasteiger partial charge on any atom is 0.218 e. The highest BCUT2D eigenvalue weighted by Gasteiger charge is 2.39. The molecule has 178 valence electrons. The fraction of sp³-hybridized carbons (Fsp3) is 0.188. The van der Waals surface area contributed by atoms with Gasteiger partial charge in [0, 0.05) is 5.73 Å². The zero-order valence-electron chi connectivity index (χ0n) is 21.4. The molecule has 0 aliphatic carbocycles. The van der Waals surface area contributed by atoms with Crippen molar-refractivity contribution >= 4 is 26.8 Å². The van der Waals surface area contributed by atoms with E-state index in [9.17, 15) is 0 Å². The van der Waals surface area contributed by atoms with Crippen molar-refractivity contribution in [2.75, 3.05) is 0 Å². The summed E-state index contributed by atoms with van der Waals surface area (Å²) in [5, 5.41) is 2.76. The molecule has 35 heavy (non-hydrogen) atoms. The van der Waals surface area contributed by atoms with Crippen LogP contribution in [0, 0.1) is 0 Å². The molecule has 3 heteroatoms. The predicted octanol–water partition coefficient (Wildman–Crippen LogP) is 7.55. The molecule has 0 amide bonds. The first-order valence-corrected chi connectivity index (χ1v) is 18.4. The summed E-state index contributed by atoms with van der Waals surface area (Å²) in [6, 6.07) is 39.3. The fourth-order valence-electron chi connectivity index (χ4n) is 4.67. The lowest BCUT2D eigenvalue weighted by Crippen LogP contribution is -2.59. The van der Waals surface area contributed by atoms with Crippen LogP contribution in [0.15, 0.2) is 122 Å². The molecule has 0 fully saturated rings. The Labute approximate surface area is 213 Å². The summed E-state index contributed by atoms with van der Waals surface area (Å²) < 4.78 is 6.98. The minimum atomic E-state index is -2.03. The van der Waals surface area contributed by atoms with E-state index in [1.54, 1.807) is 0 Å². The molecule has 1 atom stereocenters. The van der Waals surface area contributed by atoms with Gasteiger partial charge in [0.25, 0.3) is 0 Å². The topological polar surface area (TPSA) is 9.23 Å². The SMILES string of the molecule is C=CCC(O[Si](C)(C)c1ccccc1)[Si](C)(C)c1ccc(-c2ccc(-c3ccccc3)cc2)cc1. The Kier molecular flexibility index (Phi) is 7.70. The molecular weight excluding hydrogens is 457 g/mol. The molecule has 0 bridgehead atoms. The van der Waals surface area contributed by atoms with Crippen LogP contribution in [0.5, 0.6) is 0 Å². The minimum Gasteiger partial charge on any atom is -0.412 e. The van der Waals surface area contributed by atoms with Crippen LogP contribution in [0.3, 0.4) is 0 Å². The van der Waals surface area contributed by atoms with E-state index in [4.69, 9.17) is 4.43 Å². The Morgan fingerprint density at radius 2 is 1.03 bits per heavy atom. The van der Waals surface area contributed by atoms with Crippen LogP contribution in [0.25, 0.3) is 22.3 Å². The second-order valence-electron chi connectivity index (χ2n) is 10.2. The first kappa shape index (κ1) is 25.1. The van der Waals surface area contributed by atoms with Crippen molar-refractivity contribution in [1.29, 1.82) is 0 Å². The summed E-state index contributed by atoms with van der Waals surface area (Å²) in [5.41, 5.74) is 5.18. The van der Waals surface area contributed by atoms with Gasteiger partial charge in [-0.3, -0.25) is 0 Å². The van der Waals surface area contributed by atoms with Crippen molar-refractivity contribution in [3.05, 3.63) is 122 Å². The lowest BCUT2D eigenvalue weighted by Gasteiger charge is -2.38. The highest BCUT2D eigenvalue weighted by Crippen LogP contribution is 2.26.